The van der Waals surface area contributed by atoms with Crippen molar-refractivity contribution >= 4 is 11.8 Å². The first-order chi connectivity index (χ1) is 8.09. The average molecular weight is 235 g/mol. The van der Waals surface area contributed by atoms with Crippen LogP contribution in [0.3, 0.4) is 0 Å². The predicted octanol–water partition coefficient (Wildman–Crippen LogP) is 0.547. The zero-order valence-electron chi connectivity index (χ0n) is 9.82. The largest absolute Gasteiger partial charge is 0.369 e. The van der Waals surface area contributed by atoms with Gasteiger partial charge in [0.05, 0.1) is 12.0 Å². The fraction of sp³-hybridized carbons (Fsp3) is 0.750. The maximum absolute atomic E-state index is 11.9. The molecule has 5 heteroatoms. The fourth-order valence-corrected chi connectivity index (χ4v) is 2.89. The molecule has 1 atom stereocenters. The summed E-state index contributed by atoms with van der Waals surface area (Å²) < 4.78 is 0. The zero-order chi connectivity index (χ0) is 12.5. The number of nitriles is 1. The lowest BCUT2D eigenvalue weighted by Crippen LogP contribution is -2.50. The Morgan fingerprint density at radius 1 is 1.41 bits per heavy atom. The minimum absolute atomic E-state index is 0.0998. The number of carbonyl (C=O) groups excluding carboxylic acids is 2. The Bertz CT molecular complexity index is 380. The Kier molecular flexibility index (Phi) is 3.05. The van der Waals surface area contributed by atoms with Gasteiger partial charge in [0.25, 0.3) is 0 Å². The van der Waals surface area contributed by atoms with Crippen LogP contribution < -0.4 is 5.73 Å². The maximum Gasteiger partial charge on any atom is 0.224 e. The molecule has 0 aromatic carbocycles. The van der Waals surface area contributed by atoms with Crippen LogP contribution in [0.1, 0.15) is 38.5 Å². The van der Waals surface area contributed by atoms with Gasteiger partial charge in [0.15, 0.2) is 0 Å². The van der Waals surface area contributed by atoms with Crippen LogP contribution >= 0.6 is 0 Å². The van der Waals surface area contributed by atoms with Gasteiger partial charge in [-0.25, -0.2) is 0 Å². The number of hydrogen-bond acceptors (Lipinski definition) is 3. The van der Waals surface area contributed by atoms with Crippen LogP contribution in [0.4, 0.5) is 0 Å². The van der Waals surface area contributed by atoms with E-state index in [0.29, 0.717) is 6.54 Å². The highest BCUT2D eigenvalue weighted by Gasteiger charge is 2.46. The molecule has 2 rings (SSSR count). The van der Waals surface area contributed by atoms with Crippen molar-refractivity contribution in [2.45, 2.75) is 44.1 Å². The van der Waals surface area contributed by atoms with Gasteiger partial charge < -0.3 is 10.6 Å². The van der Waals surface area contributed by atoms with Crippen molar-refractivity contribution < 1.29 is 9.59 Å². The van der Waals surface area contributed by atoms with Gasteiger partial charge >= 0.3 is 0 Å². The van der Waals surface area contributed by atoms with Gasteiger partial charge in [-0.2, -0.15) is 5.26 Å². The topological polar surface area (TPSA) is 87.2 Å². The molecule has 0 spiro atoms. The Labute approximate surface area is 101 Å². The third-order valence-corrected chi connectivity index (χ3v) is 3.93. The fourth-order valence-electron chi connectivity index (χ4n) is 2.89. The van der Waals surface area contributed by atoms with Crippen molar-refractivity contribution in [3.05, 3.63) is 0 Å². The summed E-state index contributed by atoms with van der Waals surface area (Å²) in [6.07, 6.45) is 4.67. The van der Waals surface area contributed by atoms with Gasteiger partial charge in [0, 0.05) is 13.0 Å². The van der Waals surface area contributed by atoms with Gasteiger partial charge in [0.1, 0.15) is 5.54 Å². The summed E-state index contributed by atoms with van der Waals surface area (Å²) in [4.78, 5) is 24.6. The first-order valence-electron chi connectivity index (χ1n) is 6.10. The van der Waals surface area contributed by atoms with Crippen molar-refractivity contribution in [3.8, 4) is 6.07 Å². The summed E-state index contributed by atoms with van der Waals surface area (Å²) in [7, 11) is 0. The highest BCUT2D eigenvalue weighted by molar-refractivity contribution is 5.89. The number of hydrogen-bond donors (Lipinski definition) is 1. The van der Waals surface area contributed by atoms with Crippen molar-refractivity contribution in [2.75, 3.05) is 6.54 Å². The van der Waals surface area contributed by atoms with E-state index >= 15 is 0 Å². The molecule has 1 unspecified atom stereocenters. The second-order valence-electron chi connectivity index (χ2n) is 5.01. The van der Waals surface area contributed by atoms with Crippen molar-refractivity contribution in [3.63, 3.8) is 0 Å². The lowest BCUT2D eigenvalue weighted by Gasteiger charge is -2.39. The molecule has 2 aliphatic rings. The number of nitrogens with two attached hydrogens (primary N) is 1. The summed E-state index contributed by atoms with van der Waals surface area (Å²) >= 11 is 0. The molecule has 0 bridgehead atoms. The Morgan fingerprint density at radius 2 is 2.06 bits per heavy atom. The maximum atomic E-state index is 11.9. The smallest absolute Gasteiger partial charge is 0.224 e. The van der Waals surface area contributed by atoms with Crippen LogP contribution in [0, 0.1) is 17.2 Å². The zero-order valence-corrected chi connectivity index (χ0v) is 9.82. The van der Waals surface area contributed by atoms with Crippen LogP contribution in [-0.2, 0) is 9.59 Å². The summed E-state index contributed by atoms with van der Waals surface area (Å²) in [6, 6.07) is 2.30. The van der Waals surface area contributed by atoms with Crippen molar-refractivity contribution in [1.82, 2.24) is 4.90 Å². The molecular weight excluding hydrogens is 218 g/mol. The molecule has 2 amide bonds. The van der Waals surface area contributed by atoms with E-state index in [-0.39, 0.29) is 12.3 Å². The van der Waals surface area contributed by atoms with Crippen LogP contribution in [0.15, 0.2) is 0 Å². The summed E-state index contributed by atoms with van der Waals surface area (Å²) in [5.74, 6) is -0.961. The monoisotopic (exact) mass is 235 g/mol. The number of nitrogens with zero attached hydrogens (tertiary/aromatic N) is 2. The Morgan fingerprint density at radius 3 is 2.53 bits per heavy atom. The van der Waals surface area contributed by atoms with Crippen molar-refractivity contribution in [1.29, 1.82) is 5.26 Å². The summed E-state index contributed by atoms with van der Waals surface area (Å²) in [5.41, 5.74) is 4.55. The molecule has 5 nitrogen and oxygen atoms in total. The molecule has 1 heterocycles. The molecule has 2 fully saturated rings. The average Bonchev–Trinajstić information content (AvgIpc) is 2.73. The first-order valence-corrected chi connectivity index (χ1v) is 6.10. The number of amides is 2. The molecule has 1 aliphatic heterocycles. The normalized spacial score (nSPS) is 27.8. The number of likely N-dealkylation sites (tertiary alicyclic amines) is 1. The lowest BCUT2D eigenvalue weighted by atomic mass is 9.81. The number of rotatable bonds is 2. The molecule has 17 heavy (non-hydrogen) atoms. The molecule has 1 saturated heterocycles. The van der Waals surface area contributed by atoms with E-state index in [4.69, 9.17) is 5.73 Å². The predicted molar refractivity (Wildman–Crippen MR) is 60.4 cm³/mol. The van der Waals surface area contributed by atoms with Crippen LogP contribution in [0.2, 0.25) is 0 Å². The lowest BCUT2D eigenvalue weighted by molar-refractivity contribution is -0.132. The van der Waals surface area contributed by atoms with E-state index in [2.05, 4.69) is 6.07 Å². The SMILES string of the molecule is N#CC1(N2CC(C(N)=O)CC2=O)CCCCC1. The molecule has 0 aromatic rings. The Balaban J connectivity index is 2.18. The van der Waals surface area contributed by atoms with Crippen LogP contribution in [0.5, 0.6) is 0 Å². The van der Waals surface area contributed by atoms with Gasteiger partial charge in [0.2, 0.25) is 11.8 Å². The summed E-state index contributed by atoms with van der Waals surface area (Å²) in [6.45, 7) is 0.321. The number of carbonyl (C=O) groups is 2. The highest BCUT2D eigenvalue weighted by Crippen LogP contribution is 2.37. The highest BCUT2D eigenvalue weighted by atomic mass is 16.2. The van der Waals surface area contributed by atoms with E-state index in [9.17, 15) is 14.9 Å². The molecule has 0 radical (unpaired) electrons. The van der Waals surface area contributed by atoms with Crippen molar-refractivity contribution in [2.24, 2.45) is 11.7 Å². The van der Waals surface area contributed by atoms with E-state index in [1.54, 1.807) is 4.90 Å². The van der Waals surface area contributed by atoms with Gasteiger partial charge in [-0.15, -0.1) is 0 Å². The second kappa shape index (κ2) is 4.36. The molecule has 1 aliphatic carbocycles. The first kappa shape index (κ1) is 11.9. The van der Waals surface area contributed by atoms with Gasteiger partial charge in [-0.05, 0) is 12.8 Å². The quantitative estimate of drug-likeness (QED) is 0.758. The standard InChI is InChI=1S/C12H17N3O2/c13-8-12(4-2-1-3-5-12)15-7-9(11(14)17)6-10(15)16/h9H,1-7H2,(H2,14,17). The minimum Gasteiger partial charge on any atom is -0.369 e. The third kappa shape index (κ3) is 1.99. The van der Waals surface area contributed by atoms with Crippen LogP contribution in [-0.4, -0.2) is 28.8 Å². The summed E-state index contributed by atoms with van der Waals surface area (Å²) in [5, 5.41) is 9.38. The molecule has 1 saturated carbocycles. The molecule has 92 valence electrons. The van der Waals surface area contributed by atoms with Gasteiger partial charge in [-0.3, -0.25) is 9.59 Å². The van der Waals surface area contributed by atoms with E-state index < -0.39 is 17.4 Å². The second-order valence-corrected chi connectivity index (χ2v) is 5.01. The molecule has 2 N–H and O–H groups in total. The molecule has 0 aromatic heterocycles. The van der Waals surface area contributed by atoms with E-state index in [1.165, 1.54) is 0 Å². The minimum atomic E-state index is -0.681. The molecular formula is C12H17N3O2. The number of primary amides is 1. The van der Waals surface area contributed by atoms with Crippen LogP contribution in [0.25, 0.3) is 0 Å². The van der Waals surface area contributed by atoms with Gasteiger partial charge in [-0.1, -0.05) is 19.3 Å². The Hall–Kier alpha value is -1.57. The van der Waals surface area contributed by atoms with E-state index in [0.717, 1.165) is 32.1 Å². The third-order valence-electron chi connectivity index (χ3n) is 3.93. The van der Waals surface area contributed by atoms with E-state index in [1.807, 2.05) is 0 Å².